The van der Waals surface area contributed by atoms with E-state index in [1.165, 1.54) is 19.1 Å². The normalized spacial score (nSPS) is 12.7. The van der Waals surface area contributed by atoms with Crippen molar-refractivity contribution in [2.24, 2.45) is 10.8 Å². The van der Waals surface area contributed by atoms with Gasteiger partial charge in [0.1, 0.15) is 5.69 Å². The lowest BCUT2D eigenvalue weighted by atomic mass is 10.2. The quantitative estimate of drug-likeness (QED) is 0.364. The number of hydrazone groups is 1. The van der Waals surface area contributed by atoms with E-state index in [2.05, 4.69) is 10.4 Å². The number of nitrogens with two attached hydrogens (primary N) is 1. The number of rotatable bonds is 5. The number of carbonyl (C=O) groups excluding carboxylic acids is 2. The number of quaternary nitrogens is 1. The number of nitrogens with one attached hydrogen (secondary N) is 3. The molecule has 0 spiro atoms. The van der Waals surface area contributed by atoms with E-state index in [9.17, 15) is 14.8 Å². The Hall–Kier alpha value is -2.49. The van der Waals surface area contributed by atoms with Gasteiger partial charge in [-0.15, -0.1) is 0 Å². The largest absolute Gasteiger partial charge is 0.595 e. The Labute approximate surface area is 114 Å². The predicted molar refractivity (Wildman–Crippen MR) is 71.3 cm³/mol. The summed E-state index contributed by atoms with van der Waals surface area (Å²) in [5.41, 5.74) is 7.34. The highest BCUT2D eigenvalue weighted by atomic mass is 16.8. The molecule has 108 valence electrons. The lowest BCUT2D eigenvalue weighted by Crippen LogP contribution is -2.99. The fourth-order valence-corrected chi connectivity index (χ4v) is 1.40. The number of hydrogen-bond acceptors (Lipinski definition) is 5. The number of benzene rings is 1. The van der Waals surface area contributed by atoms with Crippen molar-refractivity contribution < 1.29 is 20.0 Å². The summed E-state index contributed by atoms with van der Waals surface area (Å²) in [6, 6.07) is 5.20. The molecule has 0 saturated heterocycles. The van der Waals surface area contributed by atoms with Crippen LogP contribution in [0.5, 0.6) is 0 Å². The molecule has 0 aliphatic carbocycles. The van der Waals surface area contributed by atoms with Gasteiger partial charge in [0.05, 0.1) is 6.42 Å². The molecule has 6 N–H and O–H groups in total. The molecule has 0 aliphatic rings. The Morgan fingerprint density at radius 3 is 2.70 bits per heavy atom. The van der Waals surface area contributed by atoms with E-state index in [1.807, 2.05) is 5.43 Å². The SMILES string of the molecule is C/C(CC(=O)Nc1ccccc1[NH+]([O-])O)=N/NC(N)=O. The van der Waals surface area contributed by atoms with Crippen LogP contribution in [-0.2, 0) is 4.79 Å². The molecule has 0 bridgehead atoms. The number of anilines is 1. The maximum atomic E-state index is 11.7. The van der Waals surface area contributed by atoms with Gasteiger partial charge in [-0.05, 0) is 13.0 Å². The van der Waals surface area contributed by atoms with Crippen LogP contribution in [0.4, 0.5) is 16.2 Å². The lowest BCUT2D eigenvalue weighted by molar-refractivity contribution is -0.990. The molecule has 0 radical (unpaired) electrons. The molecular weight excluding hydrogens is 266 g/mol. The van der Waals surface area contributed by atoms with E-state index in [4.69, 9.17) is 10.9 Å². The molecule has 0 fully saturated rings. The summed E-state index contributed by atoms with van der Waals surface area (Å²) < 4.78 is 0. The fraction of sp³-hybridized carbons (Fsp3) is 0.182. The van der Waals surface area contributed by atoms with Gasteiger partial charge < -0.3 is 16.3 Å². The number of hydrogen-bond donors (Lipinski definition) is 5. The number of para-hydroxylation sites is 2. The van der Waals surface area contributed by atoms with Gasteiger partial charge in [-0.2, -0.15) is 10.3 Å². The second kappa shape index (κ2) is 7.19. The summed E-state index contributed by atoms with van der Waals surface area (Å²) >= 11 is 0. The highest BCUT2D eigenvalue weighted by Crippen LogP contribution is 2.16. The Bertz CT molecular complexity index is 529. The zero-order valence-electron chi connectivity index (χ0n) is 10.7. The Morgan fingerprint density at radius 1 is 1.45 bits per heavy atom. The minimum Gasteiger partial charge on any atom is -0.595 e. The summed E-state index contributed by atoms with van der Waals surface area (Å²) in [4.78, 5) is 22.2. The van der Waals surface area contributed by atoms with Crippen LogP contribution < -0.4 is 21.7 Å². The van der Waals surface area contributed by atoms with Gasteiger partial charge in [-0.1, -0.05) is 12.1 Å². The highest BCUT2D eigenvalue weighted by Gasteiger charge is 2.11. The van der Waals surface area contributed by atoms with Crippen molar-refractivity contribution in [2.75, 3.05) is 5.32 Å². The minimum atomic E-state index is -1.14. The lowest BCUT2D eigenvalue weighted by Gasteiger charge is -2.15. The van der Waals surface area contributed by atoms with E-state index in [-0.39, 0.29) is 17.8 Å². The molecule has 1 rings (SSSR count). The second-order valence-electron chi connectivity index (χ2n) is 3.90. The number of amides is 3. The summed E-state index contributed by atoms with van der Waals surface area (Å²) in [6.45, 7) is 1.53. The van der Waals surface area contributed by atoms with E-state index in [0.717, 1.165) is 0 Å². The van der Waals surface area contributed by atoms with Crippen molar-refractivity contribution in [3.05, 3.63) is 29.5 Å². The maximum absolute atomic E-state index is 11.7. The topological polar surface area (TPSA) is 144 Å². The molecular formula is C11H15N5O4. The van der Waals surface area contributed by atoms with Gasteiger partial charge >= 0.3 is 6.03 Å². The molecule has 0 saturated carbocycles. The van der Waals surface area contributed by atoms with E-state index in [0.29, 0.717) is 5.71 Å². The standard InChI is InChI=1S/C11H15N5O4/c1-7(14-15-11(12)18)6-10(17)13-8-4-2-3-5-9(8)16(19)20/h2-5,16,19H,6H2,1H3,(H,13,17)(H3,12,15,18)/b14-7-. The molecule has 1 aromatic rings. The van der Waals surface area contributed by atoms with Crippen LogP contribution in [0.2, 0.25) is 0 Å². The van der Waals surface area contributed by atoms with Crippen molar-refractivity contribution in [3.63, 3.8) is 0 Å². The highest BCUT2D eigenvalue weighted by molar-refractivity contribution is 6.06. The Balaban J connectivity index is 2.67. The smallest absolute Gasteiger partial charge is 0.332 e. The van der Waals surface area contributed by atoms with Crippen molar-refractivity contribution in [1.29, 1.82) is 0 Å². The molecule has 9 heteroatoms. The molecule has 0 aliphatic heterocycles. The van der Waals surface area contributed by atoms with Gasteiger partial charge in [-0.3, -0.25) is 4.79 Å². The Kier molecular flexibility index (Phi) is 5.59. The maximum Gasteiger partial charge on any atom is 0.332 e. The summed E-state index contributed by atoms with van der Waals surface area (Å²) in [7, 11) is 0. The van der Waals surface area contributed by atoms with Gasteiger partial charge in [-0.25, -0.2) is 15.4 Å². The molecule has 9 nitrogen and oxygen atoms in total. The summed E-state index contributed by atoms with van der Waals surface area (Å²) in [6.07, 6.45) is -0.103. The van der Waals surface area contributed by atoms with Crippen LogP contribution in [0.3, 0.4) is 0 Å². The second-order valence-corrected chi connectivity index (χ2v) is 3.90. The fourth-order valence-electron chi connectivity index (χ4n) is 1.40. The van der Waals surface area contributed by atoms with Crippen molar-refractivity contribution in [3.8, 4) is 0 Å². The first-order chi connectivity index (χ1) is 9.40. The zero-order chi connectivity index (χ0) is 15.1. The number of carbonyl (C=O) groups is 2. The van der Waals surface area contributed by atoms with Crippen LogP contribution in [-0.4, -0.2) is 22.9 Å². The van der Waals surface area contributed by atoms with Crippen LogP contribution >= 0.6 is 0 Å². The van der Waals surface area contributed by atoms with Gasteiger partial charge in [0, 0.05) is 11.8 Å². The average molecular weight is 281 g/mol. The molecule has 1 aromatic carbocycles. The minimum absolute atomic E-state index is 0.00861. The third kappa shape index (κ3) is 5.02. The third-order valence-electron chi connectivity index (χ3n) is 2.20. The molecule has 1 atom stereocenters. The Morgan fingerprint density at radius 2 is 2.10 bits per heavy atom. The number of primary amides is 1. The van der Waals surface area contributed by atoms with Crippen molar-refractivity contribution in [2.45, 2.75) is 13.3 Å². The molecule has 20 heavy (non-hydrogen) atoms. The molecule has 0 aromatic heterocycles. The van der Waals surface area contributed by atoms with Gasteiger partial charge in [0.25, 0.3) is 0 Å². The predicted octanol–water partition coefficient (Wildman–Crippen LogP) is -0.537. The average Bonchev–Trinajstić information content (AvgIpc) is 2.36. The van der Waals surface area contributed by atoms with E-state index >= 15 is 0 Å². The number of nitrogens with zero attached hydrogens (tertiary/aromatic N) is 1. The summed E-state index contributed by atoms with van der Waals surface area (Å²) in [5, 5.41) is 24.8. The number of urea groups is 1. The monoisotopic (exact) mass is 281 g/mol. The van der Waals surface area contributed by atoms with E-state index < -0.39 is 17.2 Å². The molecule has 0 heterocycles. The first-order valence-electron chi connectivity index (χ1n) is 5.61. The molecule has 3 amide bonds. The van der Waals surface area contributed by atoms with Crippen LogP contribution in [0.15, 0.2) is 29.4 Å². The summed E-state index contributed by atoms with van der Waals surface area (Å²) in [5.74, 6) is -0.453. The van der Waals surface area contributed by atoms with Gasteiger partial charge in [0.15, 0.2) is 5.69 Å². The van der Waals surface area contributed by atoms with Crippen LogP contribution in [0.1, 0.15) is 13.3 Å². The van der Waals surface area contributed by atoms with Gasteiger partial charge in [0.2, 0.25) is 5.91 Å². The van der Waals surface area contributed by atoms with Crippen LogP contribution in [0, 0.1) is 5.21 Å². The molecule has 1 unspecified atom stereocenters. The van der Waals surface area contributed by atoms with Crippen molar-refractivity contribution in [1.82, 2.24) is 5.43 Å². The van der Waals surface area contributed by atoms with Crippen LogP contribution in [0.25, 0.3) is 0 Å². The van der Waals surface area contributed by atoms with Crippen molar-refractivity contribution >= 4 is 29.0 Å². The van der Waals surface area contributed by atoms with E-state index in [1.54, 1.807) is 12.1 Å². The first kappa shape index (κ1) is 15.6. The first-order valence-corrected chi connectivity index (χ1v) is 5.61. The zero-order valence-corrected chi connectivity index (χ0v) is 10.7. The third-order valence-corrected chi connectivity index (χ3v) is 2.20.